The highest BCUT2D eigenvalue weighted by atomic mass is 19.4. The number of Topliss-reactive ketones (excluding diaryl/α,β-unsaturated/α-hetero) is 1. The molecule has 10 heteroatoms. The standard InChI is InChI=1S/C33H42F3N3O4/c1-19(33(34,35)36)37-18-29(40)22-12-21(13-24(14-22)32(2)9-10-32)26-17-28(30(41)38-25-15-23(16-25)31(42)43)39(3)27(26)11-20-7-5-4-6-8-20/h12-14,17,19-20,23,25,37H,4-11,15-16,18H2,1-3H3,(H,38,41)(H,42,43)/t19-,23?,25?/m0/s1. The molecule has 3 fully saturated rings. The van der Waals surface area contributed by atoms with Gasteiger partial charge in [0.05, 0.1) is 12.5 Å². The van der Waals surface area contributed by atoms with Crippen LogP contribution < -0.4 is 10.6 Å². The quantitative estimate of drug-likeness (QED) is 0.267. The molecule has 0 saturated heterocycles. The van der Waals surface area contributed by atoms with Crippen molar-refractivity contribution in [3.63, 3.8) is 0 Å². The second kappa shape index (κ2) is 12.1. The molecule has 3 N–H and O–H groups in total. The van der Waals surface area contributed by atoms with Crippen LogP contribution in [0.4, 0.5) is 13.2 Å². The van der Waals surface area contributed by atoms with Gasteiger partial charge in [-0.15, -0.1) is 0 Å². The van der Waals surface area contributed by atoms with Gasteiger partial charge in [0.25, 0.3) is 5.91 Å². The average Bonchev–Trinajstić information content (AvgIpc) is 3.62. The fraction of sp³-hybridized carbons (Fsp3) is 0.606. The van der Waals surface area contributed by atoms with E-state index in [1.54, 1.807) is 6.07 Å². The van der Waals surface area contributed by atoms with Crippen LogP contribution in [0.25, 0.3) is 11.1 Å². The van der Waals surface area contributed by atoms with E-state index in [0.717, 1.165) is 61.4 Å². The lowest BCUT2D eigenvalue weighted by Gasteiger charge is -2.32. The molecule has 1 aromatic heterocycles. The minimum Gasteiger partial charge on any atom is -0.481 e. The molecule has 1 atom stereocenters. The molecule has 3 saturated carbocycles. The van der Waals surface area contributed by atoms with Gasteiger partial charge in [-0.2, -0.15) is 13.2 Å². The summed E-state index contributed by atoms with van der Waals surface area (Å²) in [5.74, 6) is -1.49. The molecule has 0 bridgehead atoms. The first-order chi connectivity index (χ1) is 20.2. The summed E-state index contributed by atoms with van der Waals surface area (Å²) in [6, 6.07) is 5.49. The average molecular weight is 602 g/mol. The van der Waals surface area contributed by atoms with Crippen LogP contribution in [0.2, 0.25) is 0 Å². The van der Waals surface area contributed by atoms with Gasteiger partial charge in [0.15, 0.2) is 5.78 Å². The Morgan fingerprint density at radius 3 is 2.35 bits per heavy atom. The molecule has 3 aliphatic rings. The Bertz CT molecular complexity index is 1380. The van der Waals surface area contributed by atoms with Crippen LogP contribution in [0.5, 0.6) is 0 Å². The van der Waals surface area contributed by atoms with Gasteiger partial charge in [0.2, 0.25) is 0 Å². The van der Waals surface area contributed by atoms with Crippen molar-refractivity contribution in [2.24, 2.45) is 18.9 Å². The molecular formula is C33H42F3N3O4. The predicted octanol–water partition coefficient (Wildman–Crippen LogP) is 6.18. The molecule has 0 spiro atoms. The Balaban J connectivity index is 1.49. The van der Waals surface area contributed by atoms with E-state index in [-0.39, 0.29) is 17.4 Å². The number of nitrogens with zero attached hydrogens (tertiary/aromatic N) is 1. The number of carboxylic acids is 1. The first-order valence-electron chi connectivity index (χ1n) is 15.5. The molecular weight excluding hydrogens is 559 g/mol. The summed E-state index contributed by atoms with van der Waals surface area (Å²) in [6.45, 7) is 2.69. The lowest BCUT2D eigenvalue weighted by atomic mass is 9.80. The highest BCUT2D eigenvalue weighted by Crippen LogP contribution is 2.49. The molecule has 5 rings (SSSR count). The number of aromatic nitrogens is 1. The molecule has 3 aliphatic carbocycles. The van der Waals surface area contributed by atoms with Crippen molar-refractivity contribution in [3.8, 4) is 11.1 Å². The monoisotopic (exact) mass is 601 g/mol. The number of carbonyl (C=O) groups excluding carboxylic acids is 2. The van der Waals surface area contributed by atoms with E-state index >= 15 is 0 Å². The van der Waals surface area contributed by atoms with Crippen molar-refractivity contribution in [3.05, 3.63) is 46.8 Å². The van der Waals surface area contributed by atoms with E-state index in [4.69, 9.17) is 0 Å². The van der Waals surface area contributed by atoms with Crippen LogP contribution in [0, 0.1) is 11.8 Å². The van der Waals surface area contributed by atoms with Crippen molar-refractivity contribution in [2.75, 3.05) is 6.54 Å². The minimum absolute atomic E-state index is 0.0961. The van der Waals surface area contributed by atoms with Crippen molar-refractivity contribution >= 4 is 17.7 Å². The summed E-state index contributed by atoms with van der Waals surface area (Å²) in [7, 11) is 1.87. The third-order valence-electron chi connectivity index (χ3n) is 9.94. The molecule has 0 aliphatic heterocycles. The summed E-state index contributed by atoms with van der Waals surface area (Å²) in [6.07, 6.45) is 4.83. The number of carbonyl (C=O) groups is 3. The van der Waals surface area contributed by atoms with E-state index in [9.17, 15) is 32.7 Å². The second-order valence-electron chi connectivity index (χ2n) is 13.3. The Morgan fingerprint density at radius 2 is 1.74 bits per heavy atom. The SMILES string of the molecule is C[C@H](NCC(=O)c1cc(-c2cc(C(=O)NC3CC(C(=O)O)C3)n(C)c2CC2CCCCC2)cc(C2(C)CC2)c1)C(F)(F)F. The molecule has 7 nitrogen and oxygen atoms in total. The summed E-state index contributed by atoms with van der Waals surface area (Å²) in [5, 5.41) is 14.5. The highest BCUT2D eigenvalue weighted by Gasteiger charge is 2.40. The third-order valence-corrected chi connectivity index (χ3v) is 9.94. The van der Waals surface area contributed by atoms with Crippen LogP contribution in [0.15, 0.2) is 24.3 Å². The molecule has 1 heterocycles. The van der Waals surface area contributed by atoms with E-state index in [1.807, 2.05) is 23.7 Å². The minimum atomic E-state index is -4.45. The van der Waals surface area contributed by atoms with Crippen molar-refractivity contribution in [1.29, 1.82) is 0 Å². The lowest BCUT2D eigenvalue weighted by Crippen LogP contribution is -2.47. The topological polar surface area (TPSA) is 100 Å². The number of ketones is 1. The number of halogens is 3. The molecule has 43 heavy (non-hydrogen) atoms. The highest BCUT2D eigenvalue weighted by molar-refractivity contribution is 6.00. The predicted molar refractivity (Wildman–Crippen MR) is 157 cm³/mol. The molecule has 0 radical (unpaired) electrons. The number of rotatable bonds is 11. The lowest BCUT2D eigenvalue weighted by molar-refractivity contribution is -0.150. The van der Waals surface area contributed by atoms with Gasteiger partial charge in [0.1, 0.15) is 11.7 Å². The zero-order valence-corrected chi connectivity index (χ0v) is 25.2. The zero-order chi connectivity index (χ0) is 31.1. The van der Waals surface area contributed by atoms with E-state index in [1.165, 1.54) is 19.3 Å². The first-order valence-corrected chi connectivity index (χ1v) is 15.5. The number of carboxylic acid groups (broad SMARTS) is 1. The maximum Gasteiger partial charge on any atom is 0.403 e. The van der Waals surface area contributed by atoms with E-state index < -0.39 is 36.4 Å². The molecule has 0 unspecified atom stereocenters. The second-order valence-corrected chi connectivity index (χ2v) is 13.3. The van der Waals surface area contributed by atoms with Gasteiger partial charge in [0, 0.05) is 29.9 Å². The van der Waals surface area contributed by atoms with Crippen molar-refractivity contribution in [1.82, 2.24) is 15.2 Å². The number of hydrogen-bond acceptors (Lipinski definition) is 4. The van der Waals surface area contributed by atoms with Gasteiger partial charge in [-0.1, -0.05) is 45.1 Å². The van der Waals surface area contributed by atoms with Crippen LogP contribution in [0.1, 0.15) is 104 Å². The third kappa shape index (κ3) is 7.00. The summed E-state index contributed by atoms with van der Waals surface area (Å²) >= 11 is 0. The van der Waals surface area contributed by atoms with Crippen molar-refractivity contribution in [2.45, 2.75) is 102 Å². The number of benzene rings is 1. The Labute approximate surface area is 250 Å². The van der Waals surface area contributed by atoms with Gasteiger partial charge in [-0.05, 0) is 79.7 Å². The fourth-order valence-corrected chi connectivity index (χ4v) is 6.45. The van der Waals surface area contributed by atoms with Gasteiger partial charge >= 0.3 is 12.1 Å². The van der Waals surface area contributed by atoms with Crippen molar-refractivity contribution < 1.29 is 32.7 Å². The molecule has 1 aromatic carbocycles. The van der Waals surface area contributed by atoms with E-state index in [2.05, 4.69) is 23.6 Å². The Kier molecular flexibility index (Phi) is 8.80. The normalized spacial score (nSPS) is 22.5. The number of hydrogen-bond donors (Lipinski definition) is 3. The maximum absolute atomic E-state index is 13.4. The Hall–Kier alpha value is -3.14. The maximum atomic E-state index is 13.4. The number of alkyl halides is 3. The van der Waals surface area contributed by atoms with E-state index in [0.29, 0.717) is 30.0 Å². The molecule has 2 aromatic rings. The number of aliphatic carboxylic acids is 1. The van der Waals surface area contributed by atoms with Crippen LogP contribution >= 0.6 is 0 Å². The summed E-state index contributed by atoms with van der Waals surface area (Å²) < 4.78 is 41.2. The van der Waals surface area contributed by atoms with Gasteiger partial charge in [-0.3, -0.25) is 19.7 Å². The van der Waals surface area contributed by atoms with Gasteiger partial charge in [-0.25, -0.2) is 0 Å². The van der Waals surface area contributed by atoms with Crippen LogP contribution in [0.3, 0.4) is 0 Å². The summed E-state index contributed by atoms with van der Waals surface area (Å²) in [5.41, 5.74) is 4.34. The molecule has 1 amide bonds. The fourth-order valence-electron chi connectivity index (χ4n) is 6.45. The first kappa shape index (κ1) is 31.3. The molecule has 234 valence electrons. The number of nitrogens with one attached hydrogen (secondary N) is 2. The zero-order valence-electron chi connectivity index (χ0n) is 25.2. The van der Waals surface area contributed by atoms with Crippen LogP contribution in [-0.2, 0) is 23.7 Å². The summed E-state index contributed by atoms with van der Waals surface area (Å²) in [4.78, 5) is 37.9. The Morgan fingerprint density at radius 1 is 1.07 bits per heavy atom. The smallest absolute Gasteiger partial charge is 0.403 e. The van der Waals surface area contributed by atoms with Gasteiger partial charge < -0.3 is 15.0 Å². The van der Waals surface area contributed by atoms with Crippen LogP contribution in [-0.4, -0.2) is 52.1 Å². The number of amides is 1. The largest absolute Gasteiger partial charge is 0.481 e.